The molecule has 90 valence electrons. The van der Waals surface area contributed by atoms with Crippen molar-refractivity contribution in [1.29, 1.82) is 0 Å². The van der Waals surface area contributed by atoms with Gasteiger partial charge in [0.25, 0.3) is 0 Å². The lowest BCUT2D eigenvalue weighted by atomic mass is 9.41. The van der Waals surface area contributed by atoms with Crippen LogP contribution in [0.3, 0.4) is 0 Å². The van der Waals surface area contributed by atoms with Crippen molar-refractivity contribution in [3.8, 4) is 0 Å². The minimum absolute atomic E-state index is 0.150. The van der Waals surface area contributed by atoms with Crippen molar-refractivity contribution in [3.63, 3.8) is 0 Å². The van der Waals surface area contributed by atoms with E-state index in [0.717, 1.165) is 5.69 Å². The lowest BCUT2D eigenvalue weighted by Crippen LogP contribution is -2.72. The Morgan fingerprint density at radius 2 is 1.76 bits per heavy atom. The minimum Gasteiger partial charge on any atom is -0.390 e. The highest BCUT2D eigenvalue weighted by atomic mass is 16.3. The van der Waals surface area contributed by atoms with Crippen molar-refractivity contribution in [2.75, 3.05) is 11.9 Å². The summed E-state index contributed by atoms with van der Waals surface area (Å²) in [6.45, 7) is 2.03. The van der Waals surface area contributed by atoms with Gasteiger partial charge in [0.15, 0.2) is 0 Å². The van der Waals surface area contributed by atoms with Gasteiger partial charge in [-0.05, 0) is 38.3 Å². The maximum absolute atomic E-state index is 12.3. The molecular weight excluding hydrogens is 214 g/mol. The van der Waals surface area contributed by atoms with E-state index in [0.29, 0.717) is 19.3 Å². The second kappa shape index (κ2) is 3.10. The third-order valence-electron chi connectivity index (χ3n) is 4.18. The average molecular weight is 231 g/mol. The van der Waals surface area contributed by atoms with Gasteiger partial charge in [-0.1, -0.05) is 17.7 Å². The fourth-order valence-corrected chi connectivity index (χ4v) is 3.20. The lowest BCUT2D eigenvalue weighted by Gasteiger charge is -2.66. The molecule has 2 bridgehead atoms. The van der Waals surface area contributed by atoms with Crippen molar-refractivity contribution >= 4 is 11.6 Å². The van der Waals surface area contributed by atoms with Gasteiger partial charge in [-0.3, -0.25) is 4.79 Å². The molecule has 3 nitrogen and oxygen atoms in total. The topological polar surface area (TPSA) is 40.5 Å². The van der Waals surface area contributed by atoms with E-state index in [1.54, 1.807) is 4.90 Å². The number of nitrogens with zero attached hydrogens (tertiary/aromatic N) is 1. The smallest absolute Gasteiger partial charge is 0.233 e. The van der Waals surface area contributed by atoms with Gasteiger partial charge in [0.2, 0.25) is 5.91 Å². The minimum atomic E-state index is -0.510. The Morgan fingerprint density at radius 3 is 2.24 bits per heavy atom. The molecule has 4 rings (SSSR count). The molecule has 3 aliphatic rings. The van der Waals surface area contributed by atoms with Gasteiger partial charge in [-0.25, -0.2) is 0 Å². The van der Waals surface area contributed by atoms with Crippen molar-refractivity contribution in [2.24, 2.45) is 5.41 Å². The van der Waals surface area contributed by atoms with E-state index in [4.69, 9.17) is 0 Å². The van der Waals surface area contributed by atoms with E-state index in [1.165, 1.54) is 5.56 Å². The summed E-state index contributed by atoms with van der Waals surface area (Å²) in [5, 5.41) is 9.71. The SMILES string of the molecule is Cc1ccc(N(C)C(=O)C23CC(O)(C2)C3)cc1. The summed E-state index contributed by atoms with van der Waals surface area (Å²) in [5.74, 6) is 0.150. The van der Waals surface area contributed by atoms with E-state index >= 15 is 0 Å². The Labute approximate surface area is 101 Å². The molecule has 0 unspecified atom stereocenters. The fraction of sp³-hybridized carbons (Fsp3) is 0.500. The Balaban J connectivity index is 1.77. The summed E-state index contributed by atoms with van der Waals surface area (Å²) in [4.78, 5) is 14.0. The molecule has 17 heavy (non-hydrogen) atoms. The van der Waals surface area contributed by atoms with E-state index in [9.17, 15) is 9.90 Å². The van der Waals surface area contributed by atoms with Gasteiger partial charge in [0.1, 0.15) is 0 Å². The number of amides is 1. The molecule has 1 N–H and O–H groups in total. The van der Waals surface area contributed by atoms with Crippen LogP contribution in [0.4, 0.5) is 5.69 Å². The molecule has 3 saturated carbocycles. The molecule has 0 saturated heterocycles. The number of hydrogen-bond acceptors (Lipinski definition) is 2. The number of carbonyl (C=O) groups excluding carboxylic acids is 1. The van der Waals surface area contributed by atoms with Gasteiger partial charge in [0.05, 0.1) is 11.0 Å². The van der Waals surface area contributed by atoms with Crippen LogP contribution in [0.2, 0.25) is 0 Å². The van der Waals surface area contributed by atoms with Crippen LogP contribution in [-0.4, -0.2) is 23.7 Å². The van der Waals surface area contributed by atoms with Crippen LogP contribution < -0.4 is 4.90 Å². The number of aryl methyl sites for hydroxylation is 1. The highest BCUT2D eigenvalue weighted by Crippen LogP contribution is 2.67. The lowest BCUT2D eigenvalue weighted by molar-refractivity contribution is -0.248. The Hall–Kier alpha value is -1.35. The maximum Gasteiger partial charge on any atom is 0.233 e. The Bertz CT molecular complexity index is 458. The summed E-state index contributed by atoms with van der Waals surface area (Å²) in [5.41, 5.74) is 1.35. The van der Waals surface area contributed by atoms with E-state index < -0.39 is 5.60 Å². The second-order valence-electron chi connectivity index (χ2n) is 5.73. The van der Waals surface area contributed by atoms with Gasteiger partial charge in [-0.15, -0.1) is 0 Å². The van der Waals surface area contributed by atoms with Crippen LogP contribution in [0, 0.1) is 12.3 Å². The zero-order valence-electron chi connectivity index (χ0n) is 10.2. The molecule has 1 aromatic rings. The monoisotopic (exact) mass is 231 g/mol. The summed E-state index contributed by atoms with van der Waals surface area (Å²) >= 11 is 0. The number of rotatable bonds is 2. The van der Waals surface area contributed by atoms with Crippen LogP contribution in [0.25, 0.3) is 0 Å². The van der Waals surface area contributed by atoms with Crippen LogP contribution in [0.1, 0.15) is 24.8 Å². The Morgan fingerprint density at radius 1 is 1.24 bits per heavy atom. The molecule has 1 amide bonds. The maximum atomic E-state index is 12.3. The van der Waals surface area contributed by atoms with Crippen LogP contribution >= 0.6 is 0 Å². The molecule has 3 aliphatic carbocycles. The molecule has 0 radical (unpaired) electrons. The quantitative estimate of drug-likeness (QED) is 0.844. The molecule has 0 aromatic heterocycles. The highest BCUT2D eigenvalue weighted by Gasteiger charge is 2.71. The molecule has 0 spiro atoms. The van der Waals surface area contributed by atoms with E-state index in [2.05, 4.69) is 0 Å². The van der Waals surface area contributed by atoms with Crippen molar-refractivity contribution in [3.05, 3.63) is 29.8 Å². The van der Waals surface area contributed by atoms with Crippen molar-refractivity contribution in [1.82, 2.24) is 0 Å². The van der Waals surface area contributed by atoms with Gasteiger partial charge in [-0.2, -0.15) is 0 Å². The third-order valence-corrected chi connectivity index (χ3v) is 4.18. The summed E-state index contributed by atoms with van der Waals surface area (Å²) in [7, 11) is 1.82. The number of carbonyl (C=O) groups is 1. The number of anilines is 1. The summed E-state index contributed by atoms with van der Waals surface area (Å²) < 4.78 is 0. The molecule has 1 aromatic carbocycles. The number of benzene rings is 1. The van der Waals surface area contributed by atoms with Gasteiger partial charge in [0, 0.05) is 12.7 Å². The van der Waals surface area contributed by atoms with Crippen LogP contribution in [-0.2, 0) is 4.79 Å². The zero-order chi connectivity index (χ0) is 12.3. The first-order chi connectivity index (χ1) is 7.94. The first-order valence-electron chi connectivity index (χ1n) is 6.01. The molecule has 3 fully saturated rings. The Kier molecular flexibility index (Phi) is 1.97. The van der Waals surface area contributed by atoms with Gasteiger partial charge >= 0.3 is 0 Å². The predicted molar refractivity (Wildman–Crippen MR) is 65.8 cm³/mol. The molecule has 0 aliphatic heterocycles. The first-order valence-corrected chi connectivity index (χ1v) is 6.01. The largest absolute Gasteiger partial charge is 0.390 e. The second-order valence-corrected chi connectivity index (χ2v) is 5.73. The van der Waals surface area contributed by atoms with Crippen molar-refractivity contribution < 1.29 is 9.90 Å². The predicted octanol–water partition coefficient (Wildman–Crippen LogP) is 1.87. The van der Waals surface area contributed by atoms with Crippen molar-refractivity contribution in [2.45, 2.75) is 31.8 Å². The first kappa shape index (κ1) is 10.8. The average Bonchev–Trinajstić information content (AvgIpc) is 2.23. The number of hydrogen-bond donors (Lipinski definition) is 1. The zero-order valence-corrected chi connectivity index (χ0v) is 10.2. The van der Waals surface area contributed by atoms with Gasteiger partial charge < -0.3 is 10.0 Å². The summed E-state index contributed by atoms with van der Waals surface area (Å²) in [6.07, 6.45) is 1.94. The van der Waals surface area contributed by atoms with Crippen LogP contribution in [0.15, 0.2) is 24.3 Å². The summed E-state index contributed by atoms with van der Waals surface area (Å²) in [6, 6.07) is 7.95. The third kappa shape index (κ3) is 1.42. The standard InChI is InChI=1S/C14H17NO2/c1-10-3-5-11(6-4-10)15(2)12(16)13-7-14(17,8-13)9-13/h3-6,17H,7-9H2,1-2H3. The molecule has 0 atom stereocenters. The fourth-order valence-electron chi connectivity index (χ4n) is 3.20. The molecule has 3 heteroatoms. The molecule has 0 heterocycles. The normalized spacial score (nSPS) is 33.6. The van der Waals surface area contributed by atoms with E-state index in [-0.39, 0.29) is 11.3 Å². The molecular formula is C14H17NO2. The van der Waals surface area contributed by atoms with E-state index in [1.807, 2.05) is 38.2 Å². The highest BCUT2D eigenvalue weighted by molar-refractivity contribution is 5.99. The van der Waals surface area contributed by atoms with Crippen LogP contribution in [0.5, 0.6) is 0 Å². The number of aliphatic hydroxyl groups is 1.